The van der Waals surface area contributed by atoms with Gasteiger partial charge >= 0.3 is 23.4 Å². The number of nitrogens with one attached hydrogen (secondary N) is 7. The van der Waals surface area contributed by atoms with Gasteiger partial charge < -0.3 is 126 Å². The number of aromatic nitrogens is 3. The van der Waals surface area contributed by atoms with Crippen molar-refractivity contribution in [3.63, 3.8) is 0 Å². The van der Waals surface area contributed by atoms with E-state index in [1.807, 2.05) is 0 Å². The van der Waals surface area contributed by atoms with Crippen LogP contribution in [-0.2, 0) is 45.1 Å². The first kappa shape index (κ1) is 110. The first-order valence-corrected chi connectivity index (χ1v) is 60.8. The zero-order valence-corrected chi connectivity index (χ0v) is 83.0. The molecule has 46 heteroatoms. The second kappa shape index (κ2) is 45.5. The van der Waals surface area contributed by atoms with Crippen molar-refractivity contribution in [3.05, 3.63) is 113 Å². The van der Waals surface area contributed by atoms with E-state index in [1.54, 1.807) is 42.2 Å². The molecule has 0 spiro atoms. The summed E-state index contributed by atoms with van der Waals surface area (Å²) in [4.78, 5) is 76.6. The van der Waals surface area contributed by atoms with Crippen LogP contribution in [0.4, 0.5) is 9.59 Å². The summed E-state index contributed by atoms with van der Waals surface area (Å²) in [6, 6.07) is -0.689. The monoisotopic (exact) mass is 1950 g/mol. The molecule has 6 amide bonds. The van der Waals surface area contributed by atoms with Crippen LogP contribution >= 0.6 is 53.5 Å². The van der Waals surface area contributed by atoms with E-state index in [4.69, 9.17) is 40.6 Å². The molecule has 19 N–H and O–H groups in total. The van der Waals surface area contributed by atoms with Crippen LogP contribution in [0.3, 0.4) is 0 Å². The van der Waals surface area contributed by atoms with Crippen LogP contribution < -0.4 is 47.8 Å². The summed E-state index contributed by atoms with van der Waals surface area (Å²) >= 11 is 5.03. The lowest BCUT2D eigenvalue weighted by Gasteiger charge is -2.39. The van der Waals surface area contributed by atoms with Gasteiger partial charge in [0.25, 0.3) is 5.91 Å². The number of rotatable bonds is 24. The molecule has 0 aromatic carbocycles. The normalized spacial score (nSPS) is 33.1. The fourth-order valence-corrected chi connectivity index (χ4v) is 20.7. The maximum absolute atomic E-state index is 12.1. The van der Waals surface area contributed by atoms with Gasteiger partial charge in [-0.3, -0.25) is 9.59 Å². The van der Waals surface area contributed by atoms with Gasteiger partial charge in [-0.2, -0.15) is 14.2 Å². The van der Waals surface area contributed by atoms with E-state index in [0.717, 1.165) is 58.6 Å². The number of ether oxygens (including phenoxy) is 6. The third-order valence-electron chi connectivity index (χ3n) is 22.5. The van der Waals surface area contributed by atoms with E-state index in [0.29, 0.717) is 78.8 Å². The predicted octanol–water partition coefficient (Wildman–Crippen LogP) is -1.69. The Balaban J connectivity index is 0.000000212. The summed E-state index contributed by atoms with van der Waals surface area (Å²) in [5.41, 5.74) is -0.204. The highest BCUT2D eigenvalue weighted by atomic mass is 32.1. The molecule has 0 saturated carbocycles. The van der Waals surface area contributed by atoms with Crippen molar-refractivity contribution in [2.24, 2.45) is 18.1 Å². The summed E-state index contributed by atoms with van der Waals surface area (Å²) < 4.78 is 38.2. The van der Waals surface area contributed by atoms with Crippen LogP contribution in [0.5, 0.6) is 0 Å². The molecule has 7 saturated heterocycles. The highest BCUT2D eigenvalue weighted by Gasteiger charge is 2.53. The van der Waals surface area contributed by atoms with Crippen molar-refractivity contribution in [2.75, 3.05) is 131 Å². The lowest BCUT2D eigenvalue weighted by Crippen LogP contribution is -2.62. The maximum Gasteiger partial charge on any atom is 0.450 e. The van der Waals surface area contributed by atoms with Crippen molar-refractivity contribution >= 4 is 133 Å². The minimum Gasteiger partial charge on any atom is -0.388 e. The van der Waals surface area contributed by atoms with Gasteiger partial charge in [-0.15, -0.1) is 79.1 Å². The number of H-pyrrole nitrogens is 1. The molecule has 1 aromatic rings. The molecule has 11 aliphatic rings. The van der Waals surface area contributed by atoms with E-state index < -0.39 is 200 Å². The minimum absolute atomic E-state index is 0.0885. The number of aromatic amines is 1. The van der Waals surface area contributed by atoms with Gasteiger partial charge in [-0.25, -0.2) is 44.4 Å². The molecule has 39 nitrogen and oxygen atoms in total. The first-order valence-electron chi connectivity index (χ1n) is 42.1. The van der Waals surface area contributed by atoms with Crippen LogP contribution in [0, 0.1) is 5.92 Å². The molecule has 11 aliphatic heterocycles. The van der Waals surface area contributed by atoms with Crippen molar-refractivity contribution in [2.45, 2.75) is 193 Å². The summed E-state index contributed by atoms with van der Waals surface area (Å²) in [5, 5.41) is 143. The number of carbonyl (C=O) groups excluding carboxylic acids is 4. The van der Waals surface area contributed by atoms with Crippen molar-refractivity contribution in [1.29, 1.82) is 0 Å². The number of urea groups is 2. The molecule has 12 rings (SSSR count). The maximum atomic E-state index is 12.1. The Kier molecular flexibility index (Phi) is 38.8. The largest absolute Gasteiger partial charge is 0.450 e. The van der Waals surface area contributed by atoms with Crippen molar-refractivity contribution in [3.8, 4) is 0 Å². The van der Waals surface area contributed by atoms with Crippen molar-refractivity contribution in [1.82, 2.24) is 61.2 Å². The SMILES string of the molecule is C=C1NC(=O)C(C)CN1[C@@H]1O[C@H](CCP(=C)(C)C)[C@@H](O)[C@H]1O.C=C1NC(=O)C=NN1[C@@H]1O[C@H](CCP(=C)(C)C)[C@@H](O)[C@H]1O.C=C1NC(=O)N(C)C=C1[C@@H]1O[C@H](CCP(=C)(C)C)[C@@H](O)[C@H]1O.C=C1NC(=O)NC=[N+]1[C@@H]1O[C@H](CCP(=C)(C)C)[C@@H](O)[C@H]1O.C=C1NC(=S)C=CN1[C@@H]1O[C@H](CCP(=C)(C)C)[C@@H](O)[C@H]1O.C=P(C)(C)CC[C@H]1O[C@@H]([n+]2c[nH]c(=O)n(C)c2=O)[C@H](O)[C@@H]1O. The van der Waals surface area contributed by atoms with Gasteiger partial charge in [-0.1, -0.05) is 45.5 Å². The lowest BCUT2D eigenvalue weighted by molar-refractivity contribution is -0.783. The van der Waals surface area contributed by atoms with E-state index >= 15 is 0 Å². The number of nitrogens with zero attached hydrogens (tertiary/aromatic N) is 8. The molecule has 12 heterocycles. The second-order valence-corrected chi connectivity index (χ2v) is 64.5. The Morgan fingerprint density at radius 2 is 0.899 bits per heavy atom. The van der Waals surface area contributed by atoms with Crippen LogP contribution in [0.25, 0.3) is 0 Å². The van der Waals surface area contributed by atoms with Crippen LogP contribution in [0.2, 0.25) is 0 Å². The Hall–Kier alpha value is -6.02. The summed E-state index contributed by atoms with van der Waals surface area (Å²) in [7, 11) is 2.93. The molecule has 1 unspecified atom stereocenters. The Morgan fingerprint density at radius 1 is 0.488 bits per heavy atom. The third kappa shape index (κ3) is 31.0. The number of hydrogen-bond acceptors (Lipinski definition) is 29. The van der Waals surface area contributed by atoms with Crippen LogP contribution in [0.1, 0.15) is 51.7 Å². The van der Waals surface area contributed by atoms with Gasteiger partial charge in [0.15, 0.2) is 31.3 Å². The number of thiocarbonyl (C=S) groups is 1. The van der Waals surface area contributed by atoms with Crippen LogP contribution in [0.15, 0.2) is 107 Å². The summed E-state index contributed by atoms with van der Waals surface area (Å²) in [5.74, 6) is 0.750. The number of amides is 6. The second-order valence-electron chi connectivity index (χ2n) is 38.2. The lowest BCUT2D eigenvalue weighted by atomic mass is 9.99. The summed E-state index contributed by atoms with van der Waals surface area (Å²) in [6.45, 7) is 39.1. The number of aliphatic hydroxyl groups is 12. The molecule has 1 aromatic heterocycles. The third-order valence-corrected chi connectivity index (χ3v) is 31.5. The highest BCUT2D eigenvalue weighted by Crippen LogP contribution is 2.45. The fourth-order valence-electron chi connectivity index (χ4n) is 14.8. The molecule has 7 fully saturated rings. The molecule has 0 bridgehead atoms. The topological polar surface area (TPSA) is 526 Å². The van der Waals surface area contributed by atoms with Crippen molar-refractivity contribution < 1.29 is 118 Å². The van der Waals surface area contributed by atoms with Gasteiger partial charge in [0.2, 0.25) is 24.2 Å². The van der Waals surface area contributed by atoms with Gasteiger partial charge in [0.1, 0.15) is 108 Å². The van der Waals surface area contributed by atoms with E-state index in [1.165, 1.54) is 27.9 Å². The molecule has 25 atom stereocenters. The van der Waals surface area contributed by atoms with Gasteiger partial charge in [0, 0.05) is 37.3 Å². The van der Waals surface area contributed by atoms with E-state index in [2.05, 4.69) is 193 Å². The zero-order chi connectivity index (χ0) is 97.3. The molecule has 129 heavy (non-hydrogen) atoms. The standard InChI is InChI=1S/C15H25N2O4P.C15H27N2O4P.C14H23N2O3PS.C13H22N3O5P.2C13H22N3O4P/c1-9-10(8-17(2)15(20)16-9)14-13(19)12(18)11(21-14)6-7-22(3,4)5;1-9-8-17(10(2)16-14(9)20)15-13(19)12(18)11(21-15)6-7-22(3,4)5;1-9-15-11(21)5-7-16(9)14-13(18)12(17)10(19-14)6-8-20(2,3)4;1-15-12(19)14-7-16(13(15)20)11-10(18)9(17)8(21-11)5-6-22(2,3)4;1-8-15-13(19)14-7-16(8)12-11(18)10(17)9(20-12)5-6-21(2,3)4;1-8-15-10(17)7-14-16(8)13-12(19)11(18)9(20-13)5-6-21(2,3)4/h8,11-14,18-19H,1,3,6-7H2,2,4-5H3,(H,16,20);9,11-13,15,18-19H,2-3,6-8H2,1,4-5H3,(H,16,20);5,7,10,12-14,17-18H,1-2,6,8H2,3-4H3,(H,15,21);7-11,17-18H,2,5-6H2,1,3-4H3;7,9-12,17-18H,1-2,5-6H2,3-4H3,(H,15,19);7,9,11-13,18-19H,1-2,5-6H2,3-4H3,(H,15,17)/p+2/t11-,12-,13-,14+;9?,11-,12-,13-,15-;10-,12-,13-,14-;8-,9-,10-,11-;9-,10-,11-,12-;9-,11-,12-,13-/m111111/s1. The number of carbonyl (C=O) groups is 4. The van der Waals surface area contributed by atoms with Gasteiger partial charge in [0.05, 0.1) is 49.6 Å². The number of hydrazone groups is 1. The average Bonchev–Trinajstić information content (AvgIpc) is 1.67. The summed E-state index contributed by atoms with van der Waals surface area (Å²) in [6.07, 6.45) is 22.7. The molecule has 0 radical (unpaired) electrons. The smallest absolute Gasteiger partial charge is 0.388 e. The quantitative estimate of drug-likeness (QED) is 0.0312. The minimum atomic E-state index is -1.27. The average molecular weight is 1950 g/mol. The van der Waals surface area contributed by atoms with Crippen LogP contribution in [-0.4, -0.2) is 446 Å². The predicted molar refractivity (Wildman–Crippen MR) is 521 cm³/mol. The molecular weight excluding hydrogens is 1810 g/mol. The zero-order valence-electron chi connectivity index (χ0n) is 76.8. The first-order chi connectivity index (χ1) is 59.4. The van der Waals surface area contributed by atoms with E-state index in [9.17, 15) is 90.0 Å². The molecule has 728 valence electrons. The number of aliphatic hydroxyl groups excluding tert-OH is 12. The number of hydrogen-bond donors (Lipinski definition) is 19. The molecule has 0 aliphatic carbocycles. The fraction of sp³-hybridized carbons (Fsp3) is 0.639. The Labute approximate surface area is 762 Å². The van der Waals surface area contributed by atoms with E-state index in [-0.39, 0.29) is 35.7 Å². The Bertz CT molecular complexity index is 4750. The highest BCUT2D eigenvalue weighted by molar-refractivity contribution is 7.80. The Morgan fingerprint density at radius 3 is 1.36 bits per heavy atom. The van der Waals surface area contributed by atoms with Gasteiger partial charge in [-0.05, 0) is 168 Å². The molecular formula is C83H143N15O24P6S+2.